The van der Waals surface area contributed by atoms with Gasteiger partial charge in [-0.25, -0.2) is 0 Å². The van der Waals surface area contributed by atoms with Crippen LogP contribution in [0.2, 0.25) is 0 Å². The SMILES string of the molecule is CC#CCCNc1cc(C)cc([N+](=O)[O-])c1. The van der Waals surface area contributed by atoms with Gasteiger partial charge in [-0.1, -0.05) is 0 Å². The van der Waals surface area contributed by atoms with Gasteiger partial charge in [-0.05, 0) is 25.5 Å². The molecule has 0 bridgehead atoms. The Labute approximate surface area is 94.8 Å². The van der Waals surface area contributed by atoms with Crippen LogP contribution in [0.15, 0.2) is 18.2 Å². The number of rotatable bonds is 4. The zero-order valence-corrected chi connectivity index (χ0v) is 9.41. The van der Waals surface area contributed by atoms with Crippen LogP contribution in [0.3, 0.4) is 0 Å². The predicted octanol–water partition coefficient (Wildman–Crippen LogP) is 2.73. The number of nitrogens with zero attached hydrogens (tertiary/aromatic N) is 1. The van der Waals surface area contributed by atoms with Crippen LogP contribution in [-0.4, -0.2) is 11.5 Å². The molecule has 0 spiro atoms. The van der Waals surface area contributed by atoms with Gasteiger partial charge in [0, 0.05) is 30.8 Å². The predicted molar refractivity (Wildman–Crippen MR) is 64.4 cm³/mol. The third-order valence-electron chi connectivity index (χ3n) is 2.03. The summed E-state index contributed by atoms with van der Waals surface area (Å²) in [6, 6.07) is 4.97. The standard InChI is InChI=1S/C12H14N2O2/c1-3-4-5-6-13-11-7-10(2)8-12(9-11)14(15)16/h7-9,13H,5-6H2,1-2H3. The van der Waals surface area contributed by atoms with E-state index in [9.17, 15) is 10.1 Å². The normalized spacial score (nSPS) is 9.12. The van der Waals surface area contributed by atoms with E-state index in [0.29, 0.717) is 6.54 Å². The lowest BCUT2D eigenvalue weighted by Crippen LogP contribution is -2.01. The van der Waals surface area contributed by atoms with E-state index >= 15 is 0 Å². The van der Waals surface area contributed by atoms with Crippen molar-refractivity contribution in [3.8, 4) is 11.8 Å². The zero-order valence-electron chi connectivity index (χ0n) is 9.41. The Kier molecular flexibility index (Phi) is 4.34. The molecule has 0 fully saturated rings. The minimum Gasteiger partial charge on any atom is -0.384 e. The molecule has 0 heterocycles. The molecule has 16 heavy (non-hydrogen) atoms. The minimum absolute atomic E-state index is 0.115. The van der Waals surface area contributed by atoms with E-state index in [-0.39, 0.29) is 10.6 Å². The summed E-state index contributed by atoms with van der Waals surface area (Å²) in [5, 5.41) is 13.7. The quantitative estimate of drug-likeness (QED) is 0.366. The smallest absolute Gasteiger partial charge is 0.271 e. The van der Waals surface area contributed by atoms with Crippen molar-refractivity contribution >= 4 is 11.4 Å². The van der Waals surface area contributed by atoms with Gasteiger partial charge in [0.1, 0.15) is 0 Å². The lowest BCUT2D eigenvalue weighted by Gasteiger charge is -2.05. The molecule has 0 saturated carbocycles. The molecule has 0 aromatic heterocycles. The Morgan fingerprint density at radius 3 is 2.81 bits per heavy atom. The second-order valence-corrected chi connectivity index (χ2v) is 3.42. The van der Waals surface area contributed by atoms with Crippen molar-refractivity contribution in [2.24, 2.45) is 0 Å². The van der Waals surface area contributed by atoms with Crippen LogP contribution in [-0.2, 0) is 0 Å². The van der Waals surface area contributed by atoms with Crippen LogP contribution in [0.5, 0.6) is 0 Å². The number of nitro benzene ring substituents is 1. The second-order valence-electron chi connectivity index (χ2n) is 3.42. The largest absolute Gasteiger partial charge is 0.384 e. The number of anilines is 1. The van der Waals surface area contributed by atoms with Crippen LogP contribution < -0.4 is 5.32 Å². The average Bonchev–Trinajstić information content (AvgIpc) is 2.23. The van der Waals surface area contributed by atoms with Crippen molar-refractivity contribution in [1.82, 2.24) is 0 Å². The molecule has 0 saturated heterocycles. The molecular weight excluding hydrogens is 204 g/mol. The molecule has 0 aliphatic rings. The number of hydrogen-bond donors (Lipinski definition) is 1. The summed E-state index contributed by atoms with van der Waals surface area (Å²) >= 11 is 0. The van der Waals surface area contributed by atoms with Gasteiger partial charge in [-0.2, -0.15) is 0 Å². The van der Waals surface area contributed by atoms with Gasteiger partial charge in [0.15, 0.2) is 0 Å². The van der Waals surface area contributed by atoms with Crippen molar-refractivity contribution in [3.63, 3.8) is 0 Å². The van der Waals surface area contributed by atoms with Crippen molar-refractivity contribution in [2.45, 2.75) is 20.3 Å². The fourth-order valence-corrected chi connectivity index (χ4v) is 1.36. The zero-order chi connectivity index (χ0) is 12.0. The summed E-state index contributed by atoms with van der Waals surface area (Å²) in [5.41, 5.74) is 1.76. The number of benzene rings is 1. The molecule has 4 heteroatoms. The monoisotopic (exact) mass is 218 g/mol. The van der Waals surface area contributed by atoms with E-state index < -0.39 is 0 Å². The molecule has 0 amide bonds. The highest BCUT2D eigenvalue weighted by molar-refractivity contribution is 5.53. The van der Waals surface area contributed by atoms with Crippen LogP contribution in [0.25, 0.3) is 0 Å². The third kappa shape index (κ3) is 3.62. The first-order valence-corrected chi connectivity index (χ1v) is 5.03. The molecule has 0 unspecified atom stereocenters. The Morgan fingerprint density at radius 2 is 2.19 bits per heavy atom. The van der Waals surface area contributed by atoms with Gasteiger partial charge < -0.3 is 5.32 Å². The first kappa shape index (κ1) is 12.1. The summed E-state index contributed by atoms with van der Waals surface area (Å²) in [7, 11) is 0. The highest BCUT2D eigenvalue weighted by atomic mass is 16.6. The molecular formula is C12H14N2O2. The van der Waals surface area contributed by atoms with Crippen LogP contribution in [0, 0.1) is 28.9 Å². The molecule has 1 aromatic carbocycles. The summed E-state index contributed by atoms with van der Waals surface area (Å²) in [4.78, 5) is 10.3. The molecule has 0 atom stereocenters. The minimum atomic E-state index is -0.385. The maximum Gasteiger partial charge on any atom is 0.271 e. The van der Waals surface area contributed by atoms with Gasteiger partial charge in [-0.3, -0.25) is 10.1 Å². The first-order chi connectivity index (χ1) is 7.63. The van der Waals surface area contributed by atoms with Crippen LogP contribution in [0.1, 0.15) is 18.9 Å². The molecule has 84 valence electrons. The molecule has 1 rings (SSSR count). The summed E-state index contributed by atoms with van der Waals surface area (Å²) in [5.74, 6) is 5.72. The van der Waals surface area contributed by atoms with E-state index in [0.717, 1.165) is 17.7 Å². The van der Waals surface area contributed by atoms with Gasteiger partial charge in [0.2, 0.25) is 0 Å². The fraction of sp³-hybridized carbons (Fsp3) is 0.333. The highest BCUT2D eigenvalue weighted by Gasteiger charge is 2.07. The molecule has 0 aliphatic heterocycles. The van der Waals surface area contributed by atoms with E-state index in [1.54, 1.807) is 13.0 Å². The number of hydrogen-bond acceptors (Lipinski definition) is 3. The van der Waals surface area contributed by atoms with Crippen LogP contribution in [0.4, 0.5) is 11.4 Å². The molecule has 4 nitrogen and oxygen atoms in total. The number of non-ortho nitro benzene ring substituents is 1. The first-order valence-electron chi connectivity index (χ1n) is 5.03. The Balaban J connectivity index is 2.71. The van der Waals surface area contributed by atoms with Crippen LogP contribution >= 0.6 is 0 Å². The third-order valence-corrected chi connectivity index (χ3v) is 2.03. The van der Waals surface area contributed by atoms with Crippen molar-refractivity contribution < 1.29 is 4.92 Å². The average molecular weight is 218 g/mol. The fourth-order valence-electron chi connectivity index (χ4n) is 1.36. The van der Waals surface area contributed by atoms with E-state index in [1.165, 1.54) is 6.07 Å². The van der Waals surface area contributed by atoms with E-state index in [2.05, 4.69) is 17.2 Å². The van der Waals surface area contributed by atoms with E-state index in [1.807, 2.05) is 13.0 Å². The lowest BCUT2D eigenvalue weighted by atomic mass is 10.2. The topological polar surface area (TPSA) is 55.2 Å². The van der Waals surface area contributed by atoms with Gasteiger partial charge in [0.25, 0.3) is 5.69 Å². The second kappa shape index (κ2) is 5.76. The summed E-state index contributed by atoms with van der Waals surface area (Å²) < 4.78 is 0. The summed E-state index contributed by atoms with van der Waals surface area (Å²) in [6.07, 6.45) is 0.734. The van der Waals surface area contributed by atoms with Crippen molar-refractivity contribution in [1.29, 1.82) is 0 Å². The number of nitro groups is 1. The van der Waals surface area contributed by atoms with Crippen molar-refractivity contribution in [3.05, 3.63) is 33.9 Å². The molecule has 0 radical (unpaired) electrons. The van der Waals surface area contributed by atoms with Gasteiger partial charge in [0.05, 0.1) is 4.92 Å². The Morgan fingerprint density at radius 1 is 1.44 bits per heavy atom. The molecule has 1 N–H and O–H groups in total. The summed E-state index contributed by atoms with van der Waals surface area (Å²) in [6.45, 7) is 4.32. The van der Waals surface area contributed by atoms with Gasteiger partial charge >= 0.3 is 0 Å². The highest BCUT2D eigenvalue weighted by Crippen LogP contribution is 2.20. The van der Waals surface area contributed by atoms with E-state index in [4.69, 9.17) is 0 Å². The maximum atomic E-state index is 10.6. The maximum absolute atomic E-state index is 10.6. The van der Waals surface area contributed by atoms with Gasteiger partial charge in [-0.15, -0.1) is 11.8 Å². The molecule has 1 aromatic rings. The lowest BCUT2D eigenvalue weighted by molar-refractivity contribution is -0.384. The number of nitrogens with one attached hydrogen (secondary N) is 1. The molecule has 0 aliphatic carbocycles. The Bertz CT molecular complexity index is 444. The van der Waals surface area contributed by atoms with Crippen molar-refractivity contribution in [2.75, 3.05) is 11.9 Å². The Hall–Kier alpha value is -2.02. The number of aryl methyl sites for hydroxylation is 1.